The van der Waals surface area contributed by atoms with E-state index < -0.39 is 5.83 Å². The Balaban J connectivity index is 1.73. The highest BCUT2D eigenvalue weighted by atomic mass is 19.1. The molecule has 0 bridgehead atoms. The zero-order valence-corrected chi connectivity index (χ0v) is 13.2. The summed E-state index contributed by atoms with van der Waals surface area (Å²) >= 11 is 0. The van der Waals surface area contributed by atoms with Gasteiger partial charge in [-0.15, -0.1) is 0 Å². The molecular weight excluding hydrogens is 287 g/mol. The fourth-order valence-electron chi connectivity index (χ4n) is 3.23. The second-order valence-corrected chi connectivity index (χ2v) is 6.08. The van der Waals surface area contributed by atoms with Crippen LogP contribution in [0.25, 0.3) is 0 Å². The molecule has 2 nitrogen and oxygen atoms in total. The maximum atomic E-state index is 12.6. The zero-order valence-electron chi connectivity index (χ0n) is 13.2. The Hall–Kier alpha value is -2.39. The summed E-state index contributed by atoms with van der Waals surface area (Å²) in [6.07, 6.45) is 11.7. The van der Waals surface area contributed by atoms with Crippen molar-refractivity contribution in [1.29, 1.82) is 10.5 Å². The van der Waals surface area contributed by atoms with Gasteiger partial charge in [0.15, 0.2) is 5.83 Å². The molecule has 23 heavy (non-hydrogen) atoms. The average Bonchev–Trinajstić information content (AvgIpc) is 2.62. The van der Waals surface area contributed by atoms with Gasteiger partial charge in [0, 0.05) is 0 Å². The second-order valence-electron chi connectivity index (χ2n) is 6.08. The summed E-state index contributed by atoms with van der Waals surface area (Å²) in [6.45, 7) is 0. The molecule has 118 valence electrons. The van der Waals surface area contributed by atoms with E-state index in [9.17, 15) is 4.39 Å². The molecule has 0 N–H and O–H groups in total. The van der Waals surface area contributed by atoms with E-state index >= 15 is 0 Å². The van der Waals surface area contributed by atoms with Gasteiger partial charge >= 0.3 is 0 Å². The van der Waals surface area contributed by atoms with Crippen molar-refractivity contribution in [2.45, 2.75) is 44.4 Å². The first-order chi connectivity index (χ1) is 11.2. The standard InChI is InChI=1S/C20H21FN2/c21-20(15-23)5-3-1-2-4-16-6-10-18(11-7-16)19-12-8-17(14-22)9-13-19/h1,3,5,8-9,12-13,16,18H,2,4,6-7,10-11H2. The van der Waals surface area contributed by atoms with E-state index in [0.717, 1.165) is 24.3 Å². The van der Waals surface area contributed by atoms with Crippen LogP contribution in [0.1, 0.15) is 55.6 Å². The Bertz CT molecular complexity index is 636. The highest BCUT2D eigenvalue weighted by molar-refractivity contribution is 5.33. The van der Waals surface area contributed by atoms with E-state index in [1.165, 1.54) is 43.4 Å². The van der Waals surface area contributed by atoms with Crippen LogP contribution >= 0.6 is 0 Å². The van der Waals surface area contributed by atoms with E-state index in [0.29, 0.717) is 5.92 Å². The summed E-state index contributed by atoms with van der Waals surface area (Å²) in [5.74, 6) is 0.602. The molecular formula is C20H21FN2. The van der Waals surface area contributed by atoms with Crippen LogP contribution in [0, 0.1) is 28.6 Å². The summed E-state index contributed by atoms with van der Waals surface area (Å²) in [7, 11) is 0. The van der Waals surface area contributed by atoms with Crippen LogP contribution in [0.15, 0.2) is 48.3 Å². The first-order valence-electron chi connectivity index (χ1n) is 8.15. The number of benzene rings is 1. The van der Waals surface area contributed by atoms with Gasteiger partial charge in [0.25, 0.3) is 0 Å². The lowest BCUT2D eigenvalue weighted by Gasteiger charge is -2.28. The maximum absolute atomic E-state index is 12.6. The number of rotatable bonds is 5. The Morgan fingerprint density at radius 3 is 2.43 bits per heavy atom. The summed E-state index contributed by atoms with van der Waals surface area (Å²) < 4.78 is 12.6. The third kappa shape index (κ3) is 5.38. The third-order valence-electron chi connectivity index (χ3n) is 4.58. The molecule has 1 aliphatic rings. The van der Waals surface area contributed by atoms with Gasteiger partial charge in [0.2, 0.25) is 0 Å². The van der Waals surface area contributed by atoms with Crippen LogP contribution in [-0.2, 0) is 0 Å². The smallest absolute Gasteiger partial charge is 0.195 e. The van der Waals surface area contributed by atoms with Crippen LogP contribution in [0.5, 0.6) is 0 Å². The van der Waals surface area contributed by atoms with Gasteiger partial charge in [-0.25, -0.2) is 0 Å². The van der Waals surface area contributed by atoms with Crippen LogP contribution in [0.4, 0.5) is 4.39 Å². The monoisotopic (exact) mass is 308 g/mol. The molecule has 0 amide bonds. The van der Waals surface area contributed by atoms with Crippen molar-refractivity contribution in [3.63, 3.8) is 0 Å². The van der Waals surface area contributed by atoms with Crippen LogP contribution in [-0.4, -0.2) is 0 Å². The quantitative estimate of drug-likeness (QED) is 0.529. The Morgan fingerprint density at radius 1 is 1.13 bits per heavy atom. The van der Waals surface area contributed by atoms with Crippen molar-refractivity contribution in [2.24, 2.45) is 5.92 Å². The number of hydrogen-bond donors (Lipinski definition) is 0. The maximum Gasteiger partial charge on any atom is 0.199 e. The minimum absolute atomic E-state index is 0.613. The SMILES string of the molecule is N#CC(F)=CC=CCCC1CCC(c2ccc(C#N)cc2)CC1. The van der Waals surface area contributed by atoms with Gasteiger partial charge in [-0.05, 0) is 74.1 Å². The van der Waals surface area contributed by atoms with Crippen molar-refractivity contribution < 1.29 is 4.39 Å². The minimum Gasteiger partial charge on any atom is -0.195 e. The van der Waals surface area contributed by atoms with E-state index in [2.05, 4.69) is 18.2 Å². The molecule has 1 fully saturated rings. The van der Waals surface area contributed by atoms with Crippen molar-refractivity contribution >= 4 is 0 Å². The molecule has 1 aliphatic carbocycles. The van der Waals surface area contributed by atoms with Gasteiger partial charge in [0.05, 0.1) is 11.6 Å². The largest absolute Gasteiger partial charge is 0.199 e. The summed E-state index contributed by atoms with van der Waals surface area (Å²) in [4.78, 5) is 0. The summed E-state index contributed by atoms with van der Waals surface area (Å²) in [6, 6.07) is 11.6. The average molecular weight is 308 g/mol. The van der Waals surface area contributed by atoms with E-state index in [4.69, 9.17) is 10.5 Å². The second kappa shape index (κ2) is 8.91. The highest BCUT2D eigenvalue weighted by Gasteiger charge is 2.21. The number of nitriles is 2. The molecule has 0 aliphatic heterocycles. The van der Waals surface area contributed by atoms with E-state index in [1.54, 1.807) is 6.08 Å². The Kier molecular flexibility index (Phi) is 6.57. The summed E-state index contributed by atoms with van der Waals surface area (Å²) in [5, 5.41) is 17.1. The molecule has 0 unspecified atom stereocenters. The topological polar surface area (TPSA) is 47.6 Å². The van der Waals surface area contributed by atoms with Crippen molar-refractivity contribution in [3.05, 3.63) is 59.4 Å². The van der Waals surface area contributed by atoms with Crippen molar-refractivity contribution in [3.8, 4) is 12.1 Å². The van der Waals surface area contributed by atoms with Crippen molar-refractivity contribution in [2.75, 3.05) is 0 Å². The molecule has 1 aromatic rings. The fourth-order valence-corrected chi connectivity index (χ4v) is 3.23. The van der Waals surface area contributed by atoms with Gasteiger partial charge in [-0.2, -0.15) is 14.9 Å². The molecule has 2 rings (SSSR count). The first-order valence-corrected chi connectivity index (χ1v) is 8.15. The predicted molar refractivity (Wildman–Crippen MR) is 89.0 cm³/mol. The summed E-state index contributed by atoms with van der Waals surface area (Å²) in [5.41, 5.74) is 2.07. The molecule has 0 heterocycles. The van der Waals surface area contributed by atoms with Crippen LogP contribution < -0.4 is 0 Å². The number of allylic oxidation sites excluding steroid dienone is 4. The lowest BCUT2D eigenvalue weighted by Crippen LogP contribution is -2.13. The molecule has 1 saturated carbocycles. The zero-order chi connectivity index (χ0) is 16.5. The third-order valence-corrected chi connectivity index (χ3v) is 4.58. The molecule has 0 atom stereocenters. The van der Waals surface area contributed by atoms with Crippen LogP contribution in [0.3, 0.4) is 0 Å². The number of halogens is 1. The molecule has 0 aromatic heterocycles. The normalized spacial score (nSPS) is 21.8. The van der Waals surface area contributed by atoms with E-state index in [-0.39, 0.29) is 0 Å². The van der Waals surface area contributed by atoms with Crippen LogP contribution in [0.2, 0.25) is 0 Å². The highest BCUT2D eigenvalue weighted by Crippen LogP contribution is 2.37. The minimum atomic E-state index is -0.746. The lowest BCUT2D eigenvalue weighted by molar-refractivity contribution is 0.312. The Morgan fingerprint density at radius 2 is 1.83 bits per heavy atom. The van der Waals surface area contributed by atoms with Gasteiger partial charge in [-0.1, -0.05) is 24.3 Å². The van der Waals surface area contributed by atoms with Gasteiger partial charge < -0.3 is 0 Å². The number of nitrogens with zero attached hydrogens (tertiary/aromatic N) is 2. The molecule has 0 spiro atoms. The molecule has 0 saturated heterocycles. The fraction of sp³-hybridized carbons (Fsp3) is 0.400. The Labute approximate surface area is 137 Å². The van der Waals surface area contributed by atoms with Gasteiger partial charge in [0.1, 0.15) is 6.07 Å². The van der Waals surface area contributed by atoms with Crippen molar-refractivity contribution in [1.82, 2.24) is 0 Å². The lowest BCUT2D eigenvalue weighted by atomic mass is 9.77. The molecule has 0 radical (unpaired) electrons. The predicted octanol–water partition coefficient (Wildman–Crippen LogP) is 5.55. The van der Waals surface area contributed by atoms with Gasteiger partial charge in [-0.3, -0.25) is 0 Å². The first kappa shape index (κ1) is 17.0. The number of hydrogen-bond acceptors (Lipinski definition) is 2. The van der Waals surface area contributed by atoms with E-state index in [1.807, 2.05) is 18.2 Å². The molecule has 3 heteroatoms. The molecule has 1 aromatic carbocycles.